The molecular formula is C19H19BrN2O3S. The van der Waals surface area contributed by atoms with E-state index in [-0.39, 0.29) is 5.91 Å². The number of benzene rings is 2. The van der Waals surface area contributed by atoms with Crippen molar-refractivity contribution in [1.29, 1.82) is 0 Å². The summed E-state index contributed by atoms with van der Waals surface area (Å²) in [6.07, 6.45) is 0.930. The Bertz CT molecular complexity index is 1010. The quantitative estimate of drug-likeness (QED) is 0.587. The third-order valence-electron chi connectivity index (χ3n) is 3.92. The molecule has 1 heterocycles. The topological polar surface area (TPSA) is 52.8 Å². The summed E-state index contributed by atoms with van der Waals surface area (Å²) in [6, 6.07) is 11.1. The van der Waals surface area contributed by atoms with Gasteiger partial charge >= 0.3 is 0 Å². The molecule has 1 aromatic heterocycles. The fourth-order valence-corrected chi connectivity index (χ4v) is 3.99. The summed E-state index contributed by atoms with van der Waals surface area (Å²) in [5.41, 5.74) is 1.54. The number of ether oxygens (including phenoxy) is 2. The third-order valence-corrected chi connectivity index (χ3v) is 5.49. The van der Waals surface area contributed by atoms with Crippen molar-refractivity contribution in [2.24, 2.45) is 4.99 Å². The molecule has 0 N–H and O–H groups in total. The lowest BCUT2D eigenvalue weighted by molar-refractivity contribution is 0.0998. The van der Waals surface area contributed by atoms with Crippen LogP contribution in [0.15, 0.2) is 45.9 Å². The highest BCUT2D eigenvalue weighted by molar-refractivity contribution is 9.10. The average molecular weight is 435 g/mol. The molecule has 26 heavy (non-hydrogen) atoms. The Balaban J connectivity index is 2.16. The van der Waals surface area contributed by atoms with E-state index in [2.05, 4.69) is 32.4 Å². The van der Waals surface area contributed by atoms with Crippen LogP contribution in [-0.4, -0.2) is 24.7 Å². The summed E-state index contributed by atoms with van der Waals surface area (Å²) in [4.78, 5) is 17.6. The van der Waals surface area contributed by atoms with Gasteiger partial charge in [-0.25, -0.2) is 0 Å². The number of fused-ring (bicyclic) bond motifs is 1. The number of aromatic nitrogens is 1. The second kappa shape index (κ2) is 8.05. The largest absolute Gasteiger partial charge is 0.493 e. The summed E-state index contributed by atoms with van der Waals surface area (Å²) < 4.78 is 14.8. The Morgan fingerprint density at radius 1 is 1.15 bits per heavy atom. The van der Waals surface area contributed by atoms with Crippen molar-refractivity contribution in [3.05, 3.63) is 51.2 Å². The second-order valence-electron chi connectivity index (χ2n) is 5.64. The molecule has 7 heteroatoms. The van der Waals surface area contributed by atoms with Crippen molar-refractivity contribution in [1.82, 2.24) is 4.57 Å². The Hall–Kier alpha value is -2.12. The van der Waals surface area contributed by atoms with Gasteiger partial charge in [0, 0.05) is 28.7 Å². The van der Waals surface area contributed by atoms with E-state index < -0.39 is 0 Å². The number of methoxy groups -OCH3 is 2. The number of hydrogen-bond donors (Lipinski definition) is 0. The zero-order valence-electron chi connectivity index (χ0n) is 14.8. The van der Waals surface area contributed by atoms with Crippen LogP contribution in [0, 0.1) is 0 Å². The van der Waals surface area contributed by atoms with Gasteiger partial charge in [0.15, 0.2) is 16.3 Å². The number of carbonyl (C=O) groups excluding carboxylic acids is 1. The summed E-state index contributed by atoms with van der Waals surface area (Å²) >= 11 is 4.85. The van der Waals surface area contributed by atoms with Crippen LogP contribution in [0.2, 0.25) is 0 Å². The molecule has 3 aromatic rings. The summed E-state index contributed by atoms with van der Waals surface area (Å²) in [5, 5.41) is 0. The van der Waals surface area contributed by atoms with Crippen molar-refractivity contribution < 1.29 is 14.3 Å². The SMILES string of the molecule is CCCn1c(=NC(=O)c2ccc(Br)cc2)sc2cc(OC)c(OC)cc21. The van der Waals surface area contributed by atoms with Crippen molar-refractivity contribution >= 4 is 43.4 Å². The van der Waals surface area contributed by atoms with E-state index in [1.165, 1.54) is 11.3 Å². The number of halogens is 1. The van der Waals surface area contributed by atoms with E-state index >= 15 is 0 Å². The van der Waals surface area contributed by atoms with Gasteiger partial charge in [-0.15, -0.1) is 0 Å². The first-order valence-electron chi connectivity index (χ1n) is 8.17. The van der Waals surface area contributed by atoms with Gasteiger partial charge < -0.3 is 14.0 Å². The molecule has 0 bridgehead atoms. The van der Waals surface area contributed by atoms with E-state index in [9.17, 15) is 4.79 Å². The standard InChI is InChI=1S/C19H19BrN2O3S/c1-4-9-22-14-10-15(24-2)16(25-3)11-17(14)26-19(22)21-18(23)12-5-7-13(20)8-6-12/h5-8,10-11H,4,9H2,1-3H3. The van der Waals surface area contributed by atoms with Gasteiger partial charge in [0.05, 0.1) is 24.4 Å². The lowest BCUT2D eigenvalue weighted by atomic mass is 10.2. The highest BCUT2D eigenvalue weighted by Gasteiger charge is 2.13. The summed E-state index contributed by atoms with van der Waals surface area (Å²) in [5.74, 6) is 1.07. The highest BCUT2D eigenvalue weighted by Crippen LogP contribution is 2.33. The van der Waals surface area contributed by atoms with Crippen LogP contribution in [0.5, 0.6) is 11.5 Å². The van der Waals surface area contributed by atoms with E-state index in [4.69, 9.17) is 9.47 Å². The first-order chi connectivity index (χ1) is 12.6. The first-order valence-corrected chi connectivity index (χ1v) is 9.78. The molecule has 0 unspecified atom stereocenters. The van der Waals surface area contributed by atoms with Crippen molar-refractivity contribution in [3.8, 4) is 11.5 Å². The van der Waals surface area contributed by atoms with E-state index in [0.717, 1.165) is 27.7 Å². The van der Waals surface area contributed by atoms with E-state index in [0.29, 0.717) is 21.9 Å². The first kappa shape index (κ1) is 18.7. The van der Waals surface area contributed by atoms with Gasteiger partial charge in [0.1, 0.15) is 0 Å². The van der Waals surface area contributed by atoms with Crippen LogP contribution >= 0.6 is 27.3 Å². The maximum absolute atomic E-state index is 12.6. The van der Waals surface area contributed by atoms with E-state index in [1.54, 1.807) is 26.4 Å². The molecule has 2 aromatic carbocycles. The van der Waals surface area contributed by atoms with Crippen molar-refractivity contribution in [3.63, 3.8) is 0 Å². The Morgan fingerprint density at radius 2 is 1.81 bits per heavy atom. The molecule has 3 rings (SSSR count). The molecule has 0 saturated carbocycles. The molecule has 5 nitrogen and oxygen atoms in total. The van der Waals surface area contributed by atoms with Crippen LogP contribution in [-0.2, 0) is 6.54 Å². The lowest BCUT2D eigenvalue weighted by Gasteiger charge is -2.08. The predicted octanol–water partition coefficient (Wildman–Crippen LogP) is 4.63. The Labute approximate surface area is 164 Å². The average Bonchev–Trinajstić information content (AvgIpc) is 2.97. The van der Waals surface area contributed by atoms with Crippen molar-refractivity contribution in [2.75, 3.05) is 14.2 Å². The van der Waals surface area contributed by atoms with Crippen LogP contribution in [0.1, 0.15) is 23.7 Å². The van der Waals surface area contributed by atoms with Gasteiger partial charge in [0.25, 0.3) is 5.91 Å². The van der Waals surface area contributed by atoms with Crippen LogP contribution in [0.4, 0.5) is 0 Å². The van der Waals surface area contributed by atoms with Gasteiger partial charge in [-0.05, 0) is 30.7 Å². The third kappa shape index (κ3) is 3.68. The zero-order valence-corrected chi connectivity index (χ0v) is 17.2. The molecule has 1 amide bonds. The number of thiazole rings is 1. The molecule has 0 atom stereocenters. The Kier molecular flexibility index (Phi) is 5.78. The van der Waals surface area contributed by atoms with Crippen molar-refractivity contribution in [2.45, 2.75) is 19.9 Å². The monoisotopic (exact) mass is 434 g/mol. The predicted molar refractivity (Wildman–Crippen MR) is 107 cm³/mol. The highest BCUT2D eigenvalue weighted by atomic mass is 79.9. The molecule has 0 aliphatic rings. The fourth-order valence-electron chi connectivity index (χ4n) is 2.67. The van der Waals surface area contributed by atoms with Gasteiger partial charge in [0.2, 0.25) is 0 Å². The molecule has 0 fully saturated rings. The minimum Gasteiger partial charge on any atom is -0.493 e. The number of carbonyl (C=O) groups is 1. The smallest absolute Gasteiger partial charge is 0.279 e. The number of amides is 1. The molecule has 0 spiro atoms. The molecular weight excluding hydrogens is 416 g/mol. The molecule has 136 valence electrons. The van der Waals surface area contributed by atoms with E-state index in [1.807, 2.05) is 24.3 Å². The summed E-state index contributed by atoms with van der Waals surface area (Å²) in [7, 11) is 3.22. The lowest BCUT2D eigenvalue weighted by Crippen LogP contribution is -2.16. The maximum Gasteiger partial charge on any atom is 0.279 e. The molecule has 0 radical (unpaired) electrons. The number of aryl methyl sites for hydroxylation is 1. The second-order valence-corrected chi connectivity index (χ2v) is 7.56. The molecule has 0 aliphatic heterocycles. The van der Waals surface area contributed by atoms with Gasteiger partial charge in [-0.3, -0.25) is 4.79 Å². The Morgan fingerprint density at radius 3 is 2.42 bits per heavy atom. The number of hydrogen-bond acceptors (Lipinski definition) is 4. The van der Waals surface area contributed by atoms with Gasteiger partial charge in [-0.1, -0.05) is 34.2 Å². The van der Waals surface area contributed by atoms with Crippen LogP contribution in [0.3, 0.4) is 0 Å². The minimum absolute atomic E-state index is 0.257. The minimum atomic E-state index is -0.257. The normalized spacial score (nSPS) is 11.8. The maximum atomic E-state index is 12.6. The fraction of sp³-hybridized carbons (Fsp3) is 0.263. The number of rotatable bonds is 5. The molecule has 0 saturated heterocycles. The van der Waals surface area contributed by atoms with Crippen LogP contribution < -0.4 is 14.3 Å². The molecule has 0 aliphatic carbocycles. The number of nitrogens with zero attached hydrogens (tertiary/aromatic N) is 2. The summed E-state index contributed by atoms with van der Waals surface area (Å²) in [6.45, 7) is 2.86. The van der Waals surface area contributed by atoms with Crippen LogP contribution in [0.25, 0.3) is 10.2 Å². The van der Waals surface area contributed by atoms with Gasteiger partial charge in [-0.2, -0.15) is 4.99 Å². The zero-order chi connectivity index (χ0) is 18.7.